The van der Waals surface area contributed by atoms with Crippen LogP contribution in [0.3, 0.4) is 0 Å². The molecule has 0 aromatic heterocycles. The number of sulfonamides is 1. The fourth-order valence-electron chi connectivity index (χ4n) is 4.03. The van der Waals surface area contributed by atoms with Gasteiger partial charge in [-0.05, 0) is 43.5 Å². The molecule has 2 fully saturated rings. The molecule has 25 heavy (non-hydrogen) atoms. The van der Waals surface area contributed by atoms with Crippen molar-refractivity contribution in [3.8, 4) is 0 Å². The van der Waals surface area contributed by atoms with Gasteiger partial charge in [-0.25, -0.2) is 8.42 Å². The van der Waals surface area contributed by atoms with Gasteiger partial charge in [-0.3, -0.25) is 9.62 Å². The molecule has 1 aromatic rings. The van der Waals surface area contributed by atoms with E-state index >= 15 is 0 Å². The zero-order chi connectivity index (χ0) is 17.7. The highest BCUT2D eigenvalue weighted by Crippen LogP contribution is 2.25. The fourth-order valence-corrected chi connectivity index (χ4v) is 5.17. The number of hydrogen-bond donors (Lipinski definition) is 1. The normalized spacial score (nSPS) is 20.6. The Kier molecular flexibility index (Phi) is 6.23. The Morgan fingerprint density at radius 3 is 2.24 bits per heavy atom. The quantitative estimate of drug-likeness (QED) is 0.840. The van der Waals surface area contributed by atoms with Gasteiger partial charge in [0.05, 0.1) is 5.75 Å². The zero-order valence-corrected chi connectivity index (χ0v) is 16.1. The number of anilines is 2. The van der Waals surface area contributed by atoms with E-state index in [0.717, 1.165) is 32.2 Å². The minimum absolute atomic E-state index is 0.165. The Labute approximate surface area is 152 Å². The van der Waals surface area contributed by atoms with E-state index in [-0.39, 0.29) is 5.75 Å². The smallest absolute Gasteiger partial charge is 0.232 e. The highest BCUT2D eigenvalue weighted by atomic mass is 32.2. The number of benzene rings is 1. The lowest BCUT2D eigenvalue weighted by molar-refractivity contribution is 0.148. The average molecular weight is 366 g/mol. The van der Waals surface area contributed by atoms with Crippen LogP contribution in [0.2, 0.25) is 0 Å². The highest BCUT2D eigenvalue weighted by Gasteiger charge is 2.25. The molecule has 0 radical (unpaired) electrons. The molecule has 5 nitrogen and oxygen atoms in total. The van der Waals surface area contributed by atoms with Crippen LogP contribution in [-0.4, -0.2) is 51.3 Å². The summed E-state index contributed by atoms with van der Waals surface area (Å²) in [7, 11) is -3.21. The number of rotatable bonds is 6. The lowest BCUT2D eigenvalue weighted by Crippen LogP contribution is -2.50. The molecule has 140 valence electrons. The van der Waals surface area contributed by atoms with Gasteiger partial charge in [-0.15, -0.1) is 0 Å². The molecule has 1 aromatic carbocycles. The third kappa shape index (κ3) is 5.11. The second-order valence-electron chi connectivity index (χ2n) is 7.28. The largest absolute Gasteiger partial charge is 0.369 e. The summed E-state index contributed by atoms with van der Waals surface area (Å²) in [5, 5.41) is 0. The molecule has 2 aliphatic rings. The molecular weight excluding hydrogens is 334 g/mol. The first-order chi connectivity index (χ1) is 12.1. The van der Waals surface area contributed by atoms with Crippen molar-refractivity contribution in [2.45, 2.75) is 51.5 Å². The standard InChI is InChI=1S/C19H31N3O2S/c1-2-16-25(23,24)20-17-8-10-19(11-9-17)22-14-12-21(13-15-22)18-6-4-3-5-7-18/h8-11,18,20H,2-7,12-16H2,1H3. The van der Waals surface area contributed by atoms with E-state index in [4.69, 9.17) is 0 Å². The number of nitrogens with zero attached hydrogens (tertiary/aromatic N) is 2. The second kappa shape index (κ2) is 8.41. The minimum Gasteiger partial charge on any atom is -0.369 e. The molecule has 1 heterocycles. The monoisotopic (exact) mass is 365 g/mol. The third-order valence-corrected chi connectivity index (χ3v) is 6.88. The van der Waals surface area contributed by atoms with Gasteiger partial charge in [0.2, 0.25) is 10.0 Å². The second-order valence-corrected chi connectivity index (χ2v) is 9.12. The molecule has 3 rings (SSSR count). The van der Waals surface area contributed by atoms with Crippen molar-refractivity contribution >= 4 is 21.4 Å². The molecule has 0 amide bonds. The fraction of sp³-hybridized carbons (Fsp3) is 0.684. The van der Waals surface area contributed by atoms with Crippen molar-refractivity contribution in [1.82, 2.24) is 4.90 Å². The zero-order valence-electron chi connectivity index (χ0n) is 15.3. The van der Waals surface area contributed by atoms with E-state index in [1.165, 1.54) is 37.8 Å². The summed E-state index contributed by atoms with van der Waals surface area (Å²) in [6.07, 6.45) is 7.54. The summed E-state index contributed by atoms with van der Waals surface area (Å²) in [6.45, 7) is 6.25. The van der Waals surface area contributed by atoms with Gasteiger partial charge >= 0.3 is 0 Å². The summed E-state index contributed by atoms with van der Waals surface area (Å²) < 4.78 is 26.3. The maximum Gasteiger partial charge on any atom is 0.232 e. The van der Waals surface area contributed by atoms with Crippen molar-refractivity contribution in [3.63, 3.8) is 0 Å². The highest BCUT2D eigenvalue weighted by molar-refractivity contribution is 7.92. The van der Waals surface area contributed by atoms with Gasteiger partial charge in [0, 0.05) is 43.6 Å². The van der Waals surface area contributed by atoms with E-state index in [2.05, 4.69) is 14.5 Å². The average Bonchev–Trinajstić information content (AvgIpc) is 2.63. The van der Waals surface area contributed by atoms with Gasteiger partial charge in [0.15, 0.2) is 0 Å². The Bertz CT molecular complexity index is 631. The van der Waals surface area contributed by atoms with Crippen LogP contribution in [0.5, 0.6) is 0 Å². The van der Waals surface area contributed by atoms with E-state index in [9.17, 15) is 8.42 Å². The van der Waals surface area contributed by atoms with Gasteiger partial charge in [-0.2, -0.15) is 0 Å². The van der Waals surface area contributed by atoms with Crippen LogP contribution in [0, 0.1) is 0 Å². The minimum atomic E-state index is -3.21. The van der Waals surface area contributed by atoms with Crippen LogP contribution in [0.25, 0.3) is 0 Å². The molecule has 6 heteroatoms. The Morgan fingerprint density at radius 1 is 1.00 bits per heavy atom. The molecule has 1 saturated carbocycles. The van der Waals surface area contributed by atoms with E-state index in [1.807, 2.05) is 31.2 Å². The topological polar surface area (TPSA) is 52.7 Å². The van der Waals surface area contributed by atoms with Gasteiger partial charge in [0.1, 0.15) is 0 Å². The van der Waals surface area contributed by atoms with Gasteiger partial charge < -0.3 is 4.90 Å². The number of nitrogens with one attached hydrogen (secondary N) is 1. The van der Waals surface area contributed by atoms with Crippen molar-refractivity contribution in [3.05, 3.63) is 24.3 Å². The Hall–Kier alpha value is -1.27. The van der Waals surface area contributed by atoms with Crippen LogP contribution in [-0.2, 0) is 10.0 Å². The van der Waals surface area contributed by atoms with Gasteiger partial charge in [0.25, 0.3) is 0 Å². The van der Waals surface area contributed by atoms with Gasteiger partial charge in [-0.1, -0.05) is 26.2 Å². The van der Waals surface area contributed by atoms with Crippen LogP contribution in [0.15, 0.2) is 24.3 Å². The Balaban J connectivity index is 1.53. The summed E-state index contributed by atoms with van der Waals surface area (Å²) in [5.74, 6) is 0.165. The number of piperazine rings is 1. The SMILES string of the molecule is CCCS(=O)(=O)Nc1ccc(N2CCN(C3CCCCC3)CC2)cc1. The van der Waals surface area contributed by atoms with Crippen LogP contribution in [0.1, 0.15) is 45.4 Å². The Morgan fingerprint density at radius 2 is 1.64 bits per heavy atom. The molecule has 0 bridgehead atoms. The molecule has 1 N–H and O–H groups in total. The number of hydrogen-bond acceptors (Lipinski definition) is 4. The first kappa shape index (κ1) is 18.5. The first-order valence-electron chi connectivity index (χ1n) is 9.67. The summed E-state index contributed by atoms with van der Waals surface area (Å²) in [6, 6.07) is 8.60. The van der Waals surface area contributed by atoms with Crippen molar-refractivity contribution < 1.29 is 8.42 Å². The molecule has 0 atom stereocenters. The first-order valence-corrected chi connectivity index (χ1v) is 11.3. The lowest BCUT2D eigenvalue weighted by Gasteiger charge is -2.41. The molecule has 0 unspecified atom stereocenters. The van der Waals surface area contributed by atoms with Crippen molar-refractivity contribution in [2.24, 2.45) is 0 Å². The maximum absolute atomic E-state index is 11.8. The lowest BCUT2D eigenvalue weighted by atomic mass is 9.94. The maximum atomic E-state index is 11.8. The van der Waals surface area contributed by atoms with E-state index in [0.29, 0.717) is 12.1 Å². The molecule has 1 aliphatic heterocycles. The summed E-state index contributed by atoms with van der Waals surface area (Å²) >= 11 is 0. The predicted molar refractivity (Wildman–Crippen MR) is 105 cm³/mol. The molecule has 1 saturated heterocycles. The van der Waals surface area contributed by atoms with Crippen LogP contribution < -0.4 is 9.62 Å². The van der Waals surface area contributed by atoms with E-state index < -0.39 is 10.0 Å². The summed E-state index contributed by atoms with van der Waals surface area (Å²) in [4.78, 5) is 5.08. The van der Waals surface area contributed by atoms with Crippen molar-refractivity contribution in [1.29, 1.82) is 0 Å². The van der Waals surface area contributed by atoms with Crippen LogP contribution >= 0.6 is 0 Å². The summed E-state index contributed by atoms with van der Waals surface area (Å²) in [5.41, 5.74) is 1.83. The predicted octanol–water partition coefficient (Wildman–Crippen LogP) is 3.29. The molecule has 0 spiro atoms. The van der Waals surface area contributed by atoms with Crippen molar-refractivity contribution in [2.75, 3.05) is 41.6 Å². The molecular formula is C19H31N3O2S. The molecule has 1 aliphatic carbocycles. The van der Waals surface area contributed by atoms with Crippen LogP contribution in [0.4, 0.5) is 11.4 Å². The van der Waals surface area contributed by atoms with E-state index in [1.54, 1.807) is 0 Å². The third-order valence-electron chi connectivity index (χ3n) is 5.38.